The zero-order valence-electron chi connectivity index (χ0n) is 7.83. The van der Waals surface area contributed by atoms with Crippen LogP contribution in [-0.4, -0.2) is 30.3 Å². The second kappa shape index (κ2) is 4.13. The summed E-state index contributed by atoms with van der Waals surface area (Å²) in [5.41, 5.74) is 6.32. The minimum absolute atomic E-state index is 0. The highest BCUT2D eigenvalue weighted by Gasteiger charge is 2.45. The summed E-state index contributed by atoms with van der Waals surface area (Å²) in [6.07, 6.45) is 3.88. The minimum atomic E-state index is -0.141. The Kier molecular flexibility index (Phi) is 3.57. The lowest BCUT2D eigenvalue weighted by Gasteiger charge is -2.37. The maximum atomic E-state index is 9.52. The van der Waals surface area contributed by atoms with E-state index in [1.54, 1.807) is 0 Å². The molecule has 1 saturated carbocycles. The molecule has 0 radical (unpaired) electrons. The van der Waals surface area contributed by atoms with Crippen molar-refractivity contribution in [1.82, 2.24) is 5.32 Å². The second-order valence-corrected chi connectivity index (χ2v) is 4.31. The Morgan fingerprint density at radius 2 is 1.92 bits per heavy atom. The number of piperidine rings is 1. The standard InChI is InChI=1S/C9H18N2O.ClH/c10-8-5-7(12)6-9(8)1-3-11-4-2-9;/h7-8,11-12H,1-6,10H2;1H/t7-,8+;/m0./s1. The predicted octanol–water partition coefficient (Wildman–Crippen LogP) is 0.260. The third-order valence-corrected chi connectivity index (χ3v) is 3.55. The van der Waals surface area contributed by atoms with Crippen molar-refractivity contribution in [2.24, 2.45) is 11.1 Å². The Morgan fingerprint density at radius 3 is 2.38 bits per heavy atom. The van der Waals surface area contributed by atoms with E-state index in [0.29, 0.717) is 0 Å². The van der Waals surface area contributed by atoms with Crippen molar-refractivity contribution in [3.63, 3.8) is 0 Å². The molecule has 2 atom stereocenters. The molecule has 3 nitrogen and oxygen atoms in total. The van der Waals surface area contributed by atoms with E-state index in [0.717, 1.165) is 38.8 Å². The molecule has 1 spiro atoms. The topological polar surface area (TPSA) is 58.3 Å². The number of halogens is 1. The monoisotopic (exact) mass is 206 g/mol. The van der Waals surface area contributed by atoms with Crippen molar-refractivity contribution in [1.29, 1.82) is 0 Å². The first kappa shape index (κ1) is 11.2. The van der Waals surface area contributed by atoms with Gasteiger partial charge < -0.3 is 16.2 Å². The molecule has 1 heterocycles. The average Bonchev–Trinajstić information content (AvgIpc) is 2.29. The lowest BCUT2D eigenvalue weighted by atomic mass is 9.75. The van der Waals surface area contributed by atoms with Gasteiger partial charge in [0.2, 0.25) is 0 Å². The zero-order valence-corrected chi connectivity index (χ0v) is 8.65. The van der Waals surface area contributed by atoms with Crippen LogP contribution in [0.1, 0.15) is 25.7 Å². The van der Waals surface area contributed by atoms with Crippen molar-refractivity contribution < 1.29 is 5.11 Å². The molecular weight excluding hydrogens is 188 g/mol. The van der Waals surface area contributed by atoms with E-state index < -0.39 is 0 Å². The Hall–Kier alpha value is 0.170. The highest BCUT2D eigenvalue weighted by atomic mass is 35.5. The second-order valence-electron chi connectivity index (χ2n) is 4.31. The molecule has 0 aromatic carbocycles. The Labute approximate surface area is 85.5 Å². The van der Waals surface area contributed by atoms with Crippen LogP contribution in [0.2, 0.25) is 0 Å². The van der Waals surface area contributed by atoms with E-state index >= 15 is 0 Å². The van der Waals surface area contributed by atoms with Crippen molar-refractivity contribution >= 4 is 12.4 Å². The molecule has 0 aromatic heterocycles. The van der Waals surface area contributed by atoms with E-state index in [4.69, 9.17) is 5.73 Å². The Balaban J connectivity index is 0.000000845. The molecule has 78 valence electrons. The van der Waals surface area contributed by atoms with E-state index in [-0.39, 0.29) is 30.0 Å². The molecule has 0 aromatic rings. The van der Waals surface area contributed by atoms with Gasteiger partial charge >= 0.3 is 0 Å². The highest BCUT2D eigenvalue weighted by molar-refractivity contribution is 5.85. The summed E-state index contributed by atoms with van der Waals surface area (Å²) in [4.78, 5) is 0. The summed E-state index contributed by atoms with van der Waals surface area (Å²) in [5, 5.41) is 12.9. The summed E-state index contributed by atoms with van der Waals surface area (Å²) in [7, 11) is 0. The van der Waals surface area contributed by atoms with Crippen LogP contribution in [0, 0.1) is 5.41 Å². The SMILES string of the molecule is Cl.N[C@@H]1C[C@H](O)CC12CCNCC2. The van der Waals surface area contributed by atoms with Gasteiger partial charge in [-0.05, 0) is 44.2 Å². The maximum absolute atomic E-state index is 9.52. The third-order valence-electron chi connectivity index (χ3n) is 3.55. The smallest absolute Gasteiger partial charge is 0.0561 e. The number of hydrogen-bond acceptors (Lipinski definition) is 3. The number of nitrogens with one attached hydrogen (secondary N) is 1. The summed E-state index contributed by atoms with van der Waals surface area (Å²) in [6, 6.07) is 0.231. The summed E-state index contributed by atoms with van der Waals surface area (Å²) < 4.78 is 0. The lowest BCUT2D eigenvalue weighted by Crippen LogP contribution is -2.45. The van der Waals surface area contributed by atoms with Gasteiger partial charge in [-0.15, -0.1) is 12.4 Å². The first-order valence-electron chi connectivity index (χ1n) is 4.87. The number of hydrogen-bond donors (Lipinski definition) is 3. The van der Waals surface area contributed by atoms with Crippen molar-refractivity contribution in [2.75, 3.05) is 13.1 Å². The van der Waals surface area contributed by atoms with Crippen LogP contribution in [-0.2, 0) is 0 Å². The van der Waals surface area contributed by atoms with Gasteiger partial charge in [-0.25, -0.2) is 0 Å². The normalized spacial score (nSPS) is 37.4. The Bertz CT molecular complexity index is 171. The Morgan fingerprint density at radius 1 is 1.31 bits per heavy atom. The van der Waals surface area contributed by atoms with E-state index in [1.165, 1.54) is 0 Å². The summed E-state index contributed by atoms with van der Waals surface area (Å²) in [6.45, 7) is 2.14. The van der Waals surface area contributed by atoms with Gasteiger partial charge in [0.15, 0.2) is 0 Å². The lowest BCUT2D eigenvalue weighted by molar-refractivity contribution is 0.135. The molecular formula is C9H19ClN2O. The van der Waals surface area contributed by atoms with Crippen LogP contribution in [0.5, 0.6) is 0 Å². The van der Waals surface area contributed by atoms with Crippen LogP contribution in [0.4, 0.5) is 0 Å². The molecule has 4 N–H and O–H groups in total. The van der Waals surface area contributed by atoms with Crippen molar-refractivity contribution in [2.45, 2.75) is 37.8 Å². The van der Waals surface area contributed by atoms with Crippen LogP contribution in [0.15, 0.2) is 0 Å². The summed E-state index contributed by atoms with van der Waals surface area (Å²) >= 11 is 0. The average molecular weight is 207 g/mol. The van der Waals surface area contributed by atoms with Crippen LogP contribution in [0.3, 0.4) is 0 Å². The number of aliphatic hydroxyl groups excluding tert-OH is 1. The molecule has 0 bridgehead atoms. The van der Waals surface area contributed by atoms with Crippen LogP contribution >= 0.6 is 12.4 Å². The quantitative estimate of drug-likeness (QED) is 0.533. The fourth-order valence-electron chi connectivity index (χ4n) is 2.75. The van der Waals surface area contributed by atoms with Gasteiger partial charge in [0.1, 0.15) is 0 Å². The zero-order chi connectivity index (χ0) is 8.60. The third kappa shape index (κ3) is 1.99. The van der Waals surface area contributed by atoms with Gasteiger partial charge in [0.05, 0.1) is 6.10 Å². The number of nitrogens with two attached hydrogens (primary N) is 1. The van der Waals surface area contributed by atoms with Gasteiger partial charge in [-0.2, -0.15) is 0 Å². The first-order valence-corrected chi connectivity index (χ1v) is 4.87. The molecule has 0 unspecified atom stereocenters. The largest absolute Gasteiger partial charge is 0.393 e. The fraction of sp³-hybridized carbons (Fsp3) is 1.00. The predicted molar refractivity (Wildman–Crippen MR) is 55.0 cm³/mol. The minimum Gasteiger partial charge on any atom is -0.393 e. The number of rotatable bonds is 0. The molecule has 0 amide bonds. The molecule has 2 aliphatic rings. The number of aliphatic hydroxyl groups is 1. The molecule has 1 aliphatic heterocycles. The molecule has 2 fully saturated rings. The van der Waals surface area contributed by atoms with E-state index in [9.17, 15) is 5.11 Å². The highest BCUT2D eigenvalue weighted by Crippen LogP contribution is 2.43. The van der Waals surface area contributed by atoms with Crippen LogP contribution < -0.4 is 11.1 Å². The van der Waals surface area contributed by atoms with E-state index in [2.05, 4.69) is 5.32 Å². The first-order chi connectivity index (χ1) is 5.73. The van der Waals surface area contributed by atoms with Gasteiger partial charge in [-0.3, -0.25) is 0 Å². The fourth-order valence-corrected chi connectivity index (χ4v) is 2.75. The van der Waals surface area contributed by atoms with Gasteiger partial charge in [0, 0.05) is 6.04 Å². The van der Waals surface area contributed by atoms with Crippen molar-refractivity contribution in [3.05, 3.63) is 0 Å². The van der Waals surface area contributed by atoms with Gasteiger partial charge in [0.25, 0.3) is 0 Å². The van der Waals surface area contributed by atoms with Gasteiger partial charge in [-0.1, -0.05) is 0 Å². The molecule has 13 heavy (non-hydrogen) atoms. The van der Waals surface area contributed by atoms with Crippen molar-refractivity contribution in [3.8, 4) is 0 Å². The molecule has 1 aliphatic carbocycles. The summed E-state index contributed by atoms with van der Waals surface area (Å²) in [5.74, 6) is 0. The molecule has 4 heteroatoms. The molecule has 1 saturated heterocycles. The van der Waals surface area contributed by atoms with E-state index in [1.807, 2.05) is 0 Å². The maximum Gasteiger partial charge on any atom is 0.0561 e. The van der Waals surface area contributed by atoms with Crippen LogP contribution in [0.25, 0.3) is 0 Å². The molecule has 2 rings (SSSR count).